The topological polar surface area (TPSA) is 66.5 Å². The SMILES string of the molecule is COc1ccc(Br)cc1C(=O)N/N=C/c1cc2ccccc2[nH]1. The van der Waals surface area contributed by atoms with Crippen LogP contribution in [0.5, 0.6) is 5.75 Å². The number of methoxy groups -OCH3 is 1. The molecule has 0 saturated carbocycles. The Bertz CT molecular complexity index is 853. The first kappa shape index (κ1) is 15.3. The van der Waals surface area contributed by atoms with Gasteiger partial charge in [0.25, 0.3) is 5.91 Å². The molecule has 0 aliphatic heterocycles. The summed E-state index contributed by atoms with van der Waals surface area (Å²) in [6, 6.07) is 15.1. The molecule has 2 N–H and O–H groups in total. The third-order valence-corrected chi connectivity index (χ3v) is 3.82. The number of carbonyl (C=O) groups excluding carboxylic acids is 1. The first-order valence-electron chi connectivity index (χ1n) is 6.92. The minimum absolute atomic E-state index is 0.337. The number of ether oxygens (including phenoxy) is 1. The second-order valence-electron chi connectivity index (χ2n) is 4.86. The number of amides is 1. The van der Waals surface area contributed by atoms with Crippen LogP contribution in [0.2, 0.25) is 0 Å². The molecule has 1 amide bonds. The number of halogens is 1. The quantitative estimate of drug-likeness (QED) is 0.542. The number of H-pyrrole nitrogens is 1. The van der Waals surface area contributed by atoms with E-state index in [4.69, 9.17) is 4.74 Å². The Balaban J connectivity index is 1.74. The highest BCUT2D eigenvalue weighted by Gasteiger charge is 2.11. The van der Waals surface area contributed by atoms with Gasteiger partial charge in [-0.2, -0.15) is 5.10 Å². The van der Waals surface area contributed by atoms with E-state index in [1.54, 1.807) is 18.3 Å². The number of nitrogens with zero attached hydrogens (tertiary/aromatic N) is 1. The maximum Gasteiger partial charge on any atom is 0.275 e. The maximum absolute atomic E-state index is 12.2. The van der Waals surface area contributed by atoms with E-state index in [0.717, 1.165) is 21.1 Å². The highest BCUT2D eigenvalue weighted by molar-refractivity contribution is 9.10. The Hall–Kier alpha value is -2.60. The van der Waals surface area contributed by atoms with Crippen LogP contribution in [0, 0.1) is 0 Å². The van der Waals surface area contributed by atoms with Crippen molar-refractivity contribution in [3.05, 3.63) is 64.3 Å². The summed E-state index contributed by atoms with van der Waals surface area (Å²) < 4.78 is 5.98. The van der Waals surface area contributed by atoms with Crippen molar-refractivity contribution in [1.82, 2.24) is 10.4 Å². The van der Waals surface area contributed by atoms with Gasteiger partial charge in [-0.25, -0.2) is 5.43 Å². The van der Waals surface area contributed by atoms with Gasteiger partial charge in [0.05, 0.1) is 24.6 Å². The number of fused-ring (bicyclic) bond motifs is 1. The highest BCUT2D eigenvalue weighted by atomic mass is 79.9. The summed E-state index contributed by atoms with van der Waals surface area (Å²) in [6.45, 7) is 0. The third-order valence-electron chi connectivity index (χ3n) is 3.33. The summed E-state index contributed by atoms with van der Waals surface area (Å²) in [5, 5.41) is 5.08. The Morgan fingerprint density at radius 1 is 1.26 bits per heavy atom. The fourth-order valence-corrected chi connectivity index (χ4v) is 2.60. The van der Waals surface area contributed by atoms with Gasteiger partial charge in [-0.1, -0.05) is 34.1 Å². The number of hydrogen-bond donors (Lipinski definition) is 2. The number of aromatic amines is 1. The summed E-state index contributed by atoms with van der Waals surface area (Å²) >= 11 is 3.34. The maximum atomic E-state index is 12.2. The molecule has 2 aromatic carbocycles. The predicted octanol–water partition coefficient (Wildman–Crippen LogP) is 3.70. The summed E-state index contributed by atoms with van der Waals surface area (Å²) in [6.07, 6.45) is 1.57. The predicted molar refractivity (Wildman–Crippen MR) is 94.1 cm³/mol. The van der Waals surface area contributed by atoms with Crippen LogP contribution in [0.1, 0.15) is 16.1 Å². The summed E-state index contributed by atoms with van der Waals surface area (Å²) in [5.41, 5.74) is 4.75. The fraction of sp³-hybridized carbons (Fsp3) is 0.0588. The Kier molecular flexibility index (Phi) is 4.43. The second kappa shape index (κ2) is 6.66. The minimum Gasteiger partial charge on any atom is -0.496 e. The standard InChI is InChI=1S/C17H14BrN3O2/c1-23-16-7-6-12(18)9-14(16)17(22)21-19-10-13-8-11-4-2-3-5-15(11)20-13/h2-10,20H,1H3,(H,21,22)/b19-10+. The van der Waals surface area contributed by atoms with Gasteiger partial charge in [0.15, 0.2) is 0 Å². The molecule has 3 rings (SSSR count). The first-order chi connectivity index (χ1) is 11.2. The number of nitrogens with one attached hydrogen (secondary N) is 2. The average Bonchev–Trinajstić information content (AvgIpc) is 2.97. The third kappa shape index (κ3) is 3.43. The Morgan fingerprint density at radius 3 is 2.87 bits per heavy atom. The largest absolute Gasteiger partial charge is 0.496 e. The number of aromatic nitrogens is 1. The van der Waals surface area contributed by atoms with E-state index in [1.165, 1.54) is 7.11 Å². The van der Waals surface area contributed by atoms with Gasteiger partial charge in [-0.05, 0) is 30.3 Å². The van der Waals surface area contributed by atoms with Gasteiger partial charge in [-0.3, -0.25) is 4.79 Å². The van der Waals surface area contributed by atoms with Crippen LogP contribution in [0.25, 0.3) is 10.9 Å². The molecule has 0 bridgehead atoms. The monoisotopic (exact) mass is 371 g/mol. The van der Waals surface area contributed by atoms with E-state index in [9.17, 15) is 4.79 Å². The van der Waals surface area contributed by atoms with Crippen molar-refractivity contribution in [3.63, 3.8) is 0 Å². The van der Waals surface area contributed by atoms with Crippen LogP contribution in [0.3, 0.4) is 0 Å². The molecular formula is C17H14BrN3O2. The van der Waals surface area contributed by atoms with Crippen LogP contribution < -0.4 is 10.2 Å². The molecular weight excluding hydrogens is 358 g/mol. The van der Waals surface area contributed by atoms with E-state index in [1.807, 2.05) is 36.4 Å². The average molecular weight is 372 g/mol. The van der Waals surface area contributed by atoms with Crippen LogP contribution in [0.4, 0.5) is 0 Å². The molecule has 116 valence electrons. The molecule has 0 aliphatic carbocycles. The smallest absolute Gasteiger partial charge is 0.275 e. The lowest BCUT2D eigenvalue weighted by atomic mass is 10.2. The van der Waals surface area contributed by atoms with Crippen molar-refractivity contribution in [2.75, 3.05) is 7.11 Å². The van der Waals surface area contributed by atoms with Gasteiger partial charge in [-0.15, -0.1) is 0 Å². The van der Waals surface area contributed by atoms with Gasteiger partial charge in [0.1, 0.15) is 5.75 Å². The summed E-state index contributed by atoms with van der Waals surface area (Å²) in [7, 11) is 1.52. The fourth-order valence-electron chi connectivity index (χ4n) is 2.24. The van der Waals surface area contributed by atoms with Gasteiger partial charge in [0, 0.05) is 15.4 Å². The van der Waals surface area contributed by atoms with E-state index in [2.05, 4.69) is 31.4 Å². The number of para-hydroxylation sites is 1. The molecule has 1 aromatic heterocycles. The van der Waals surface area contributed by atoms with Crippen LogP contribution in [0.15, 0.2) is 58.1 Å². The summed E-state index contributed by atoms with van der Waals surface area (Å²) in [5.74, 6) is 0.155. The number of hydrogen-bond acceptors (Lipinski definition) is 3. The number of carbonyl (C=O) groups is 1. The molecule has 0 radical (unpaired) electrons. The molecule has 23 heavy (non-hydrogen) atoms. The lowest BCUT2D eigenvalue weighted by Gasteiger charge is -2.07. The van der Waals surface area contributed by atoms with Crippen LogP contribution in [-0.2, 0) is 0 Å². The summed E-state index contributed by atoms with van der Waals surface area (Å²) in [4.78, 5) is 15.4. The van der Waals surface area contributed by atoms with Crippen molar-refractivity contribution < 1.29 is 9.53 Å². The molecule has 0 fully saturated rings. The van der Waals surface area contributed by atoms with Crippen molar-refractivity contribution in [2.24, 2.45) is 5.10 Å². The van der Waals surface area contributed by atoms with Gasteiger partial charge < -0.3 is 9.72 Å². The molecule has 0 unspecified atom stereocenters. The molecule has 0 atom stereocenters. The highest BCUT2D eigenvalue weighted by Crippen LogP contribution is 2.22. The lowest BCUT2D eigenvalue weighted by molar-refractivity contribution is 0.0952. The van der Waals surface area contributed by atoms with Crippen molar-refractivity contribution in [1.29, 1.82) is 0 Å². The van der Waals surface area contributed by atoms with Crippen LogP contribution in [-0.4, -0.2) is 24.2 Å². The van der Waals surface area contributed by atoms with Gasteiger partial charge >= 0.3 is 0 Å². The minimum atomic E-state index is -0.337. The molecule has 6 heteroatoms. The number of benzene rings is 2. The van der Waals surface area contributed by atoms with Gasteiger partial charge in [0.2, 0.25) is 0 Å². The Labute approximate surface area is 141 Å². The zero-order chi connectivity index (χ0) is 16.2. The van der Waals surface area contributed by atoms with E-state index in [0.29, 0.717) is 11.3 Å². The van der Waals surface area contributed by atoms with E-state index in [-0.39, 0.29) is 5.91 Å². The molecule has 0 aliphatic rings. The number of hydrazone groups is 1. The van der Waals surface area contributed by atoms with Crippen molar-refractivity contribution in [2.45, 2.75) is 0 Å². The van der Waals surface area contributed by atoms with E-state index >= 15 is 0 Å². The molecule has 1 heterocycles. The zero-order valence-corrected chi connectivity index (χ0v) is 13.9. The van der Waals surface area contributed by atoms with E-state index < -0.39 is 0 Å². The second-order valence-corrected chi connectivity index (χ2v) is 5.77. The number of rotatable bonds is 4. The molecule has 5 nitrogen and oxygen atoms in total. The van der Waals surface area contributed by atoms with Crippen molar-refractivity contribution in [3.8, 4) is 5.75 Å². The molecule has 0 saturated heterocycles. The normalized spacial score (nSPS) is 11.0. The molecule has 0 spiro atoms. The van der Waals surface area contributed by atoms with Crippen LogP contribution >= 0.6 is 15.9 Å². The molecule has 3 aromatic rings. The zero-order valence-electron chi connectivity index (χ0n) is 12.3. The Morgan fingerprint density at radius 2 is 2.09 bits per heavy atom. The van der Waals surface area contributed by atoms with Crippen molar-refractivity contribution >= 4 is 39.0 Å². The lowest BCUT2D eigenvalue weighted by Crippen LogP contribution is -2.18. The first-order valence-corrected chi connectivity index (χ1v) is 7.71.